The molecular formula is C31H24O3. The van der Waals surface area contributed by atoms with Gasteiger partial charge in [0.15, 0.2) is 0 Å². The number of aromatic carboxylic acids is 1. The van der Waals surface area contributed by atoms with Gasteiger partial charge in [-0.2, -0.15) is 0 Å². The second kappa shape index (κ2) is 10.8. The van der Waals surface area contributed by atoms with Crippen LogP contribution in [0.15, 0.2) is 97.1 Å². The highest BCUT2D eigenvalue weighted by molar-refractivity contribution is 6.00. The first kappa shape index (κ1) is 22.6. The van der Waals surface area contributed by atoms with E-state index in [1.807, 2.05) is 121 Å². The van der Waals surface area contributed by atoms with Crippen LogP contribution in [0.5, 0.6) is 5.75 Å². The number of hydrogen-bond acceptors (Lipinski definition) is 2. The molecule has 4 aromatic carbocycles. The highest BCUT2D eigenvalue weighted by Gasteiger charge is 2.19. The van der Waals surface area contributed by atoms with Crippen molar-refractivity contribution in [1.29, 1.82) is 0 Å². The predicted molar refractivity (Wildman–Crippen MR) is 141 cm³/mol. The van der Waals surface area contributed by atoms with E-state index in [0.717, 1.165) is 16.7 Å². The molecule has 0 unspecified atom stereocenters. The molecule has 0 fully saturated rings. The summed E-state index contributed by atoms with van der Waals surface area (Å²) in [4.78, 5) is 12.1. The van der Waals surface area contributed by atoms with Gasteiger partial charge in [0, 0.05) is 5.56 Å². The average molecular weight is 445 g/mol. The number of carbonyl (C=O) groups is 1. The van der Waals surface area contributed by atoms with Gasteiger partial charge in [0.05, 0.1) is 0 Å². The van der Waals surface area contributed by atoms with Gasteiger partial charge in [-0.3, -0.25) is 0 Å². The van der Waals surface area contributed by atoms with E-state index < -0.39 is 5.97 Å². The number of carboxylic acid groups (broad SMARTS) is 1. The van der Waals surface area contributed by atoms with E-state index in [-0.39, 0.29) is 11.3 Å². The molecule has 0 aliphatic rings. The van der Waals surface area contributed by atoms with Gasteiger partial charge in [-0.05, 0) is 33.9 Å². The summed E-state index contributed by atoms with van der Waals surface area (Å²) in [6, 6.07) is 30.8. The maximum Gasteiger partial charge on any atom is 0.340 e. The Morgan fingerprint density at radius 3 is 1.41 bits per heavy atom. The van der Waals surface area contributed by atoms with Crippen LogP contribution in [0.1, 0.15) is 43.7 Å². The molecule has 0 aromatic heterocycles. The molecular weight excluding hydrogens is 420 g/mol. The van der Waals surface area contributed by atoms with E-state index in [1.54, 1.807) is 6.08 Å². The molecule has 3 nitrogen and oxygen atoms in total. The maximum absolute atomic E-state index is 12.1. The third-order valence-corrected chi connectivity index (χ3v) is 5.37. The molecule has 2 N–H and O–H groups in total. The van der Waals surface area contributed by atoms with Crippen LogP contribution in [0, 0.1) is 0 Å². The summed E-state index contributed by atoms with van der Waals surface area (Å²) in [5, 5.41) is 20.6. The summed E-state index contributed by atoms with van der Waals surface area (Å²) in [7, 11) is 0. The first-order valence-corrected chi connectivity index (χ1v) is 10.9. The van der Waals surface area contributed by atoms with Gasteiger partial charge >= 0.3 is 5.97 Å². The van der Waals surface area contributed by atoms with E-state index in [9.17, 15) is 15.0 Å². The molecule has 0 spiro atoms. The minimum Gasteiger partial charge on any atom is -0.507 e. The molecule has 0 amide bonds. The molecule has 0 atom stereocenters. The Morgan fingerprint density at radius 1 is 0.559 bits per heavy atom. The smallest absolute Gasteiger partial charge is 0.340 e. The zero-order chi connectivity index (χ0) is 23.8. The predicted octanol–water partition coefficient (Wildman–Crippen LogP) is 7.60. The van der Waals surface area contributed by atoms with E-state index >= 15 is 0 Å². The number of hydrogen-bond donors (Lipinski definition) is 2. The van der Waals surface area contributed by atoms with Crippen LogP contribution in [0.4, 0.5) is 0 Å². The molecule has 0 radical (unpaired) electrons. The van der Waals surface area contributed by atoms with E-state index in [1.165, 1.54) is 6.07 Å². The van der Waals surface area contributed by atoms with Crippen LogP contribution < -0.4 is 0 Å². The summed E-state index contributed by atoms with van der Waals surface area (Å²) in [6.07, 6.45) is 11.3. The van der Waals surface area contributed by atoms with Gasteiger partial charge in [-0.25, -0.2) is 4.79 Å². The highest BCUT2D eigenvalue weighted by Crippen LogP contribution is 2.33. The molecule has 4 aromatic rings. The number of carboxylic acids is 1. The Kier molecular flexibility index (Phi) is 7.16. The Morgan fingerprint density at radius 2 is 0.971 bits per heavy atom. The van der Waals surface area contributed by atoms with Crippen molar-refractivity contribution in [3.05, 3.63) is 136 Å². The lowest BCUT2D eigenvalue weighted by molar-refractivity contribution is 0.0693. The Hall–Kier alpha value is -4.63. The SMILES string of the molecule is O=C(O)c1c(O)cc(C=Cc2ccccc2)c(C=Cc2ccccc2)c1C=Cc1ccccc1. The zero-order valence-electron chi connectivity index (χ0n) is 18.5. The van der Waals surface area contributed by atoms with Gasteiger partial charge < -0.3 is 10.2 Å². The fraction of sp³-hybridized carbons (Fsp3) is 0. The number of phenols is 1. The largest absolute Gasteiger partial charge is 0.507 e. The van der Waals surface area contributed by atoms with E-state index in [2.05, 4.69) is 0 Å². The third kappa shape index (κ3) is 5.59. The number of aromatic hydroxyl groups is 1. The van der Waals surface area contributed by atoms with Crippen LogP contribution in [0.2, 0.25) is 0 Å². The van der Waals surface area contributed by atoms with Crippen LogP contribution in [0.25, 0.3) is 36.5 Å². The molecule has 3 heteroatoms. The molecule has 4 rings (SSSR count). The van der Waals surface area contributed by atoms with Crippen LogP contribution in [-0.2, 0) is 0 Å². The van der Waals surface area contributed by atoms with Gasteiger partial charge in [0.25, 0.3) is 0 Å². The third-order valence-electron chi connectivity index (χ3n) is 5.37. The van der Waals surface area contributed by atoms with Gasteiger partial charge in [0.1, 0.15) is 11.3 Å². The zero-order valence-corrected chi connectivity index (χ0v) is 18.5. The highest BCUT2D eigenvalue weighted by atomic mass is 16.4. The van der Waals surface area contributed by atoms with E-state index in [0.29, 0.717) is 16.7 Å². The number of rotatable bonds is 7. The normalized spacial score (nSPS) is 11.5. The summed E-state index contributed by atoms with van der Waals surface area (Å²) in [5.41, 5.74) is 4.66. The Bertz CT molecular complexity index is 1350. The molecule has 0 saturated carbocycles. The molecule has 0 saturated heterocycles. The molecule has 0 aliphatic heterocycles. The van der Waals surface area contributed by atoms with Crippen molar-refractivity contribution in [3.8, 4) is 5.75 Å². The van der Waals surface area contributed by atoms with Crippen LogP contribution in [0.3, 0.4) is 0 Å². The molecule has 0 aliphatic carbocycles. The van der Waals surface area contributed by atoms with Crippen molar-refractivity contribution < 1.29 is 15.0 Å². The summed E-state index contributed by atoms with van der Waals surface area (Å²) in [6.45, 7) is 0. The van der Waals surface area contributed by atoms with Crippen LogP contribution in [-0.4, -0.2) is 16.2 Å². The Balaban J connectivity index is 1.90. The van der Waals surface area contributed by atoms with Gasteiger partial charge in [-0.1, -0.05) is 127 Å². The standard InChI is InChI=1S/C31H24O3/c32-29-22-26(19-16-23-10-4-1-5-11-23)27(20-17-24-12-6-2-7-13-24)28(30(29)31(33)34)21-18-25-14-8-3-9-15-25/h1-22,32H,(H,33,34). The minimum absolute atomic E-state index is 0.128. The van der Waals surface area contributed by atoms with Crippen molar-refractivity contribution in [2.45, 2.75) is 0 Å². The molecule has 0 heterocycles. The first-order valence-electron chi connectivity index (χ1n) is 10.9. The average Bonchev–Trinajstić information content (AvgIpc) is 2.87. The van der Waals surface area contributed by atoms with Crippen LogP contribution >= 0.6 is 0 Å². The lowest BCUT2D eigenvalue weighted by atomic mass is 9.92. The molecule has 166 valence electrons. The van der Waals surface area contributed by atoms with Crippen molar-refractivity contribution in [3.63, 3.8) is 0 Å². The van der Waals surface area contributed by atoms with Crippen molar-refractivity contribution >= 4 is 42.4 Å². The summed E-state index contributed by atoms with van der Waals surface area (Å²) in [5.74, 6) is -1.46. The summed E-state index contributed by atoms with van der Waals surface area (Å²) >= 11 is 0. The van der Waals surface area contributed by atoms with Crippen molar-refractivity contribution in [2.75, 3.05) is 0 Å². The molecule has 0 bridgehead atoms. The fourth-order valence-corrected chi connectivity index (χ4v) is 3.68. The van der Waals surface area contributed by atoms with Gasteiger partial charge in [0.2, 0.25) is 0 Å². The quantitative estimate of drug-likeness (QED) is 0.289. The topological polar surface area (TPSA) is 57.5 Å². The Labute approximate surface area is 199 Å². The second-order valence-electron chi connectivity index (χ2n) is 7.72. The lowest BCUT2D eigenvalue weighted by Gasteiger charge is -2.13. The molecule has 34 heavy (non-hydrogen) atoms. The van der Waals surface area contributed by atoms with Gasteiger partial charge in [-0.15, -0.1) is 0 Å². The first-order chi connectivity index (χ1) is 16.6. The lowest BCUT2D eigenvalue weighted by Crippen LogP contribution is -2.03. The van der Waals surface area contributed by atoms with Crippen molar-refractivity contribution in [2.24, 2.45) is 0 Å². The number of benzene rings is 4. The minimum atomic E-state index is -1.18. The fourth-order valence-electron chi connectivity index (χ4n) is 3.68. The monoisotopic (exact) mass is 444 g/mol. The van der Waals surface area contributed by atoms with E-state index in [4.69, 9.17) is 0 Å². The maximum atomic E-state index is 12.1. The van der Waals surface area contributed by atoms with Crippen molar-refractivity contribution in [1.82, 2.24) is 0 Å². The summed E-state index contributed by atoms with van der Waals surface area (Å²) < 4.78 is 0. The second-order valence-corrected chi connectivity index (χ2v) is 7.72.